The first-order valence-electron chi connectivity index (χ1n) is 6.66. The van der Waals surface area contributed by atoms with E-state index < -0.39 is 42.7 Å². The summed E-state index contributed by atoms with van der Waals surface area (Å²) in [7, 11) is 0. The Bertz CT molecular complexity index is 479. The number of halogens is 2. The average Bonchev–Trinajstić information content (AvgIpc) is 2.65. The fourth-order valence-corrected chi connectivity index (χ4v) is 2.30. The molecule has 1 unspecified atom stereocenters. The maximum absolute atomic E-state index is 12.8. The molecule has 0 radical (unpaired) electrons. The first kappa shape index (κ1) is 15.7. The van der Waals surface area contributed by atoms with Crippen molar-refractivity contribution >= 4 is 17.8 Å². The molecule has 0 spiro atoms. The van der Waals surface area contributed by atoms with Gasteiger partial charge < -0.3 is 9.64 Å². The van der Waals surface area contributed by atoms with E-state index in [2.05, 4.69) is 0 Å². The highest BCUT2D eigenvalue weighted by atomic mass is 19.3. The summed E-state index contributed by atoms with van der Waals surface area (Å²) >= 11 is 0. The Kier molecular flexibility index (Phi) is 3.67. The molecule has 118 valence electrons. The monoisotopic (exact) mass is 304 g/mol. The lowest BCUT2D eigenvalue weighted by Gasteiger charge is -2.41. The molecule has 2 aliphatic heterocycles. The summed E-state index contributed by atoms with van der Waals surface area (Å²) in [4.78, 5) is 37.6. The van der Waals surface area contributed by atoms with Crippen molar-refractivity contribution < 1.29 is 27.9 Å². The fraction of sp³-hybridized carbons (Fsp3) is 0.769. The van der Waals surface area contributed by atoms with E-state index in [9.17, 15) is 23.2 Å². The molecule has 8 heteroatoms. The molecule has 0 aliphatic carbocycles. The molecule has 0 aromatic heterocycles. The summed E-state index contributed by atoms with van der Waals surface area (Å²) in [5, 5.41) is 0. The van der Waals surface area contributed by atoms with Gasteiger partial charge in [-0.3, -0.25) is 14.5 Å². The maximum Gasteiger partial charge on any atom is 0.411 e. The standard InChI is InChI=1S/C13H18F2N2O4/c1-12(2,3)21-11(20)17-5-8(18)4-9(17)10(19)16-6-13(14,15)7-16/h9H,4-7H2,1-3H3. The highest BCUT2D eigenvalue weighted by Gasteiger charge is 2.51. The third kappa shape index (κ3) is 3.48. The molecule has 2 amide bonds. The number of hydrogen-bond acceptors (Lipinski definition) is 4. The van der Waals surface area contributed by atoms with E-state index in [-0.39, 0.29) is 18.7 Å². The molecule has 1 atom stereocenters. The molecule has 0 bridgehead atoms. The molecule has 0 aromatic carbocycles. The minimum absolute atomic E-state index is 0.153. The molecule has 0 saturated carbocycles. The Morgan fingerprint density at radius 1 is 1.29 bits per heavy atom. The number of alkyl halides is 2. The second-order valence-electron chi connectivity index (χ2n) is 6.42. The molecule has 6 nitrogen and oxygen atoms in total. The minimum Gasteiger partial charge on any atom is -0.444 e. The summed E-state index contributed by atoms with van der Waals surface area (Å²) in [6, 6.07) is -1.04. The number of ether oxygens (including phenoxy) is 1. The van der Waals surface area contributed by atoms with Crippen LogP contribution in [0.1, 0.15) is 27.2 Å². The van der Waals surface area contributed by atoms with Crippen molar-refractivity contribution in [2.45, 2.75) is 44.8 Å². The normalized spacial score (nSPS) is 24.8. The van der Waals surface area contributed by atoms with E-state index in [0.717, 1.165) is 9.80 Å². The van der Waals surface area contributed by atoms with E-state index in [1.807, 2.05) is 0 Å². The van der Waals surface area contributed by atoms with Crippen LogP contribution in [0.15, 0.2) is 0 Å². The van der Waals surface area contributed by atoms with E-state index in [4.69, 9.17) is 4.74 Å². The highest BCUT2D eigenvalue weighted by molar-refractivity contribution is 5.97. The van der Waals surface area contributed by atoms with Gasteiger partial charge in [-0.15, -0.1) is 0 Å². The Morgan fingerprint density at radius 3 is 2.33 bits per heavy atom. The number of Topliss-reactive ketones (excluding diaryl/α,β-unsaturated/α-hetero) is 1. The van der Waals surface area contributed by atoms with Crippen LogP contribution in [0.2, 0.25) is 0 Å². The van der Waals surface area contributed by atoms with E-state index in [0.29, 0.717) is 0 Å². The van der Waals surface area contributed by atoms with Gasteiger partial charge in [-0.2, -0.15) is 0 Å². The molecular formula is C13H18F2N2O4. The number of likely N-dealkylation sites (tertiary alicyclic amines) is 2. The van der Waals surface area contributed by atoms with Crippen molar-refractivity contribution in [2.24, 2.45) is 0 Å². The van der Waals surface area contributed by atoms with Gasteiger partial charge in [0.1, 0.15) is 11.6 Å². The van der Waals surface area contributed by atoms with Crippen LogP contribution < -0.4 is 0 Å². The molecular weight excluding hydrogens is 286 g/mol. The van der Waals surface area contributed by atoms with Gasteiger partial charge in [0, 0.05) is 6.42 Å². The van der Waals surface area contributed by atoms with Crippen LogP contribution in [0, 0.1) is 0 Å². The number of carbonyl (C=O) groups excluding carboxylic acids is 3. The second kappa shape index (κ2) is 4.92. The van der Waals surface area contributed by atoms with Gasteiger partial charge in [0.05, 0.1) is 19.6 Å². The van der Waals surface area contributed by atoms with Crippen molar-refractivity contribution in [1.29, 1.82) is 0 Å². The topological polar surface area (TPSA) is 66.9 Å². The highest BCUT2D eigenvalue weighted by Crippen LogP contribution is 2.29. The molecule has 2 aliphatic rings. The summed E-state index contributed by atoms with van der Waals surface area (Å²) < 4.78 is 30.8. The summed E-state index contributed by atoms with van der Waals surface area (Å²) in [5.74, 6) is -3.79. The minimum atomic E-state index is -2.88. The van der Waals surface area contributed by atoms with Crippen molar-refractivity contribution in [3.8, 4) is 0 Å². The van der Waals surface area contributed by atoms with Gasteiger partial charge in [-0.25, -0.2) is 13.6 Å². The van der Waals surface area contributed by atoms with Crippen LogP contribution in [0.4, 0.5) is 13.6 Å². The lowest BCUT2D eigenvalue weighted by atomic mass is 10.1. The van der Waals surface area contributed by atoms with Crippen molar-refractivity contribution in [3.63, 3.8) is 0 Å². The zero-order valence-electron chi connectivity index (χ0n) is 12.2. The largest absolute Gasteiger partial charge is 0.444 e. The zero-order valence-corrected chi connectivity index (χ0v) is 12.2. The van der Waals surface area contributed by atoms with Crippen LogP contribution in [0.3, 0.4) is 0 Å². The predicted octanol–water partition coefficient (Wildman–Crippen LogP) is 1.04. The van der Waals surface area contributed by atoms with E-state index >= 15 is 0 Å². The van der Waals surface area contributed by atoms with Gasteiger partial charge in [0.2, 0.25) is 5.91 Å². The van der Waals surface area contributed by atoms with Crippen LogP contribution in [-0.4, -0.2) is 64.8 Å². The van der Waals surface area contributed by atoms with Gasteiger partial charge in [0.15, 0.2) is 5.78 Å². The Balaban J connectivity index is 2.05. The summed E-state index contributed by atoms with van der Waals surface area (Å²) in [6.45, 7) is 3.42. The third-order valence-corrected chi connectivity index (χ3v) is 3.21. The number of rotatable bonds is 1. The lowest BCUT2D eigenvalue weighted by Crippen LogP contribution is -2.62. The Morgan fingerprint density at radius 2 is 1.86 bits per heavy atom. The number of amides is 2. The molecule has 21 heavy (non-hydrogen) atoms. The molecule has 0 N–H and O–H groups in total. The van der Waals surface area contributed by atoms with Crippen molar-refractivity contribution in [1.82, 2.24) is 9.80 Å². The number of ketones is 1. The predicted molar refractivity (Wildman–Crippen MR) is 67.9 cm³/mol. The number of carbonyl (C=O) groups is 3. The molecule has 0 aromatic rings. The maximum atomic E-state index is 12.8. The van der Waals surface area contributed by atoms with Crippen LogP contribution >= 0.6 is 0 Å². The summed E-state index contributed by atoms with van der Waals surface area (Å²) in [6.07, 6.45) is -0.931. The Hall–Kier alpha value is -1.73. The lowest BCUT2D eigenvalue weighted by molar-refractivity contribution is -0.169. The van der Waals surface area contributed by atoms with E-state index in [1.165, 1.54) is 0 Å². The van der Waals surface area contributed by atoms with Crippen molar-refractivity contribution in [3.05, 3.63) is 0 Å². The quantitative estimate of drug-likeness (QED) is 0.726. The molecule has 2 saturated heterocycles. The molecule has 2 rings (SSSR count). The summed E-state index contributed by atoms with van der Waals surface area (Å²) in [5.41, 5.74) is -0.764. The first-order valence-corrected chi connectivity index (χ1v) is 6.66. The SMILES string of the molecule is CC(C)(C)OC(=O)N1CC(=O)CC1C(=O)N1CC(F)(F)C1. The third-order valence-electron chi connectivity index (χ3n) is 3.21. The van der Waals surface area contributed by atoms with Gasteiger partial charge in [-0.1, -0.05) is 0 Å². The average molecular weight is 304 g/mol. The number of nitrogens with zero attached hydrogens (tertiary/aromatic N) is 2. The fourth-order valence-electron chi connectivity index (χ4n) is 2.30. The van der Waals surface area contributed by atoms with Crippen molar-refractivity contribution in [2.75, 3.05) is 19.6 Å². The first-order chi connectivity index (χ1) is 9.48. The van der Waals surface area contributed by atoms with Gasteiger partial charge >= 0.3 is 6.09 Å². The van der Waals surface area contributed by atoms with Crippen LogP contribution in [-0.2, 0) is 14.3 Å². The van der Waals surface area contributed by atoms with Gasteiger partial charge in [-0.05, 0) is 20.8 Å². The van der Waals surface area contributed by atoms with Crippen LogP contribution in [0.5, 0.6) is 0 Å². The van der Waals surface area contributed by atoms with Crippen LogP contribution in [0.25, 0.3) is 0 Å². The van der Waals surface area contributed by atoms with Gasteiger partial charge in [0.25, 0.3) is 5.92 Å². The smallest absolute Gasteiger partial charge is 0.411 e. The number of hydrogen-bond donors (Lipinski definition) is 0. The zero-order chi connectivity index (χ0) is 16.0. The van der Waals surface area contributed by atoms with E-state index in [1.54, 1.807) is 20.8 Å². The molecule has 2 heterocycles. The second-order valence-corrected chi connectivity index (χ2v) is 6.42. The Labute approximate surface area is 121 Å². The molecule has 2 fully saturated rings.